The predicted molar refractivity (Wildman–Crippen MR) is 88.4 cm³/mol. The molecule has 132 valence electrons. The number of esters is 1. The summed E-state index contributed by atoms with van der Waals surface area (Å²) in [5.41, 5.74) is -0.265. The molecule has 1 aliphatic carbocycles. The Bertz CT molecular complexity index is 633. The van der Waals surface area contributed by atoms with E-state index in [1.54, 1.807) is 20.8 Å². The van der Waals surface area contributed by atoms with Crippen LogP contribution in [0, 0.1) is 5.92 Å². The molecular formula is C16H22NO6S+. The maximum absolute atomic E-state index is 12.6. The summed E-state index contributed by atoms with van der Waals surface area (Å²) in [5, 5.41) is 0. The van der Waals surface area contributed by atoms with E-state index in [4.69, 9.17) is 26.4 Å². The first-order valence-corrected chi connectivity index (χ1v) is 8.07. The van der Waals surface area contributed by atoms with Gasteiger partial charge in [0.15, 0.2) is 6.61 Å². The topological polar surface area (TPSA) is 81.9 Å². The van der Waals surface area contributed by atoms with Crippen LogP contribution in [0.3, 0.4) is 0 Å². The van der Waals surface area contributed by atoms with Crippen LogP contribution in [0.25, 0.3) is 0 Å². The summed E-state index contributed by atoms with van der Waals surface area (Å²) in [6, 6.07) is -0.753. The van der Waals surface area contributed by atoms with Crippen LogP contribution in [-0.2, 0) is 23.8 Å². The van der Waals surface area contributed by atoms with Gasteiger partial charge >= 0.3 is 12.1 Å². The van der Waals surface area contributed by atoms with Crippen molar-refractivity contribution >= 4 is 40.6 Å². The van der Waals surface area contributed by atoms with Crippen LogP contribution in [0.5, 0.6) is 0 Å². The van der Waals surface area contributed by atoms with Gasteiger partial charge in [-0.3, -0.25) is 9.59 Å². The van der Waals surface area contributed by atoms with Gasteiger partial charge in [0.05, 0.1) is 12.3 Å². The Morgan fingerprint density at radius 3 is 2.46 bits per heavy atom. The van der Waals surface area contributed by atoms with Crippen molar-refractivity contribution in [3.05, 3.63) is 0 Å². The van der Waals surface area contributed by atoms with Gasteiger partial charge in [0.1, 0.15) is 11.7 Å². The Balaban J connectivity index is 2.40. The second kappa shape index (κ2) is 6.68. The van der Waals surface area contributed by atoms with Crippen molar-refractivity contribution in [2.24, 2.45) is 5.92 Å². The number of nitrogens with zero attached hydrogens (tertiary/aromatic N) is 1. The summed E-state index contributed by atoms with van der Waals surface area (Å²) < 4.78 is 16.9. The number of hydrogen-bond donors (Lipinski definition) is 0. The molecule has 0 N–H and O–H groups in total. The summed E-state index contributed by atoms with van der Waals surface area (Å²) in [5.74, 6) is -1.05. The third kappa shape index (κ3) is 3.54. The monoisotopic (exact) mass is 356 g/mol. The normalized spacial score (nSPS) is 26.6. The Morgan fingerprint density at radius 1 is 1.33 bits per heavy atom. The molecule has 0 aromatic heterocycles. The number of hydrogen-bond acceptors (Lipinski definition) is 7. The SMILES string of the molecule is CO[C@@H]1C(=O)C2C1C(=S)CC(COC(C)=O)=[N+]2C(=O)OC(C)(C)C. The van der Waals surface area contributed by atoms with E-state index in [2.05, 4.69) is 0 Å². The number of ketones is 1. The lowest BCUT2D eigenvalue weighted by molar-refractivity contribution is -0.500. The molecule has 0 bridgehead atoms. The van der Waals surface area contributed by atoms with Crippen molar-refractivity contribution in [1.29, 1.82) is 0 Å². The molecule has 1 saturated carbocycles. The molecule has 2 rings (SSSR count). The molecule has 1 amide bonds. The number of fused-ring (bicyclic) bond motifs is 1. The number of methoxy groups -OCH3 is 1. The van der Waals surface area contributed by atoms with E-state index in [-0.39, 0.29) is 24.7 Å². The summed E-state index contributed by atoms with van der Waals surface area (Å²) in [6.45, 7) is 6.39. The molecule has 24 heavy (non-hydrogen) atoms. The molecule has 0 saturated heterocycles. The van der Waals surface area contributed by atoms with Crippen LogP contribution >= 0.6 is 12.2 Å². The first-order chi connectivity index (χ1) is 11.1. The second-order valence-corrected chi connectivity index (χ2v) is 7.39. The number of rotatable bonds is 3. The molecule has 2 unspecified atom stereocenters. The maximum Gasteiger partial charge on any atom is 0.597 e. The van der Waals surface area contributed by atoms with E-state index >= 15 is 0 Å². The molecule has 8 heteroatoms. The fourth-order valence-electron chi connectivity index (χ4n) is 2.92. The molecule has 0 aromatic rings. The van der Waals surface area contributed by atoms with E-state index < -0.39 is 29.8 Å². The average Bonchev–Trinajstić information content (AvgIpc) is 2.43. The minimum atomic E-state index is -0.753. The van der Waals surface area contributed by atoms with Crippen molar-refractivity contribution in [1.82, 2.24) is 0 Å². The van der Waals surface area contributed by atoms with Gasteiger partial charge in [-0.2, -0.15) is 4.79 Å². The fourth-order valence-corrected chi connectivity index (χ4v) is 3.34. The number of Topliss-reactive ketones (excluding diaryl/α,β-unsaturated/α-hetero) is 1. The lowest BCUT2D eigenvalue weighted by Crippen LogP contribution is -2.69. The van der Waals surface area contributed by atoms with E-state index in [0.29, 0.717) is 10.6 Å². The zero-order valence-electron chi connectivity index (χ0n) is 14.5. The average molecular weight is 356 g/mol. The largest absolute Gasteiger partial charge is 0.597 e. The summed E-state index contributed by atoms with van der Waals surface area (Å²) in [6.07, 6.45) is -1.01. The molecule has 1 aliphatic heterocycles. The highest BCUT2D eigenvalue weighted by Gasteiger charge is 2.64. The predicted octanol–water partition coefficient (Wildman–Crippen LogP) is 1.29. The van der Waals surface area contributed by atoms with Crippen LogP contribution in [0.1, 0.15) is 34.1 Å². The van der Waals surface area contributed by atoms with Crippen molar-refractivity contribution < 1.29 is 33.2 Å². The van der Waals surface area contributed by atoms with Gasteiger partial charge in [-0.1, -0.05) is 12.2 Å². The van der Waals surface area contributed by atoms with Gasteiger partial charge in [0.2, 0.25) is 17.5 Å². The number of amides is 1. The Labute approximate surface area is 145 Å². The van der Waals surface area contributed by atoms with Crippen molar-refractivity contribution in [3.63, 3.8) is 0 Å². The molecule has 3 atom stereocenters. The Kier molecular flexibility index (Phi) is 5.19. The summed E-state index contributed by atoms with van der Waals surface area (Å²) in [4.78, 5) is 36.7. The van der Waals surface area contributed by atoms with Gasteiger partial charge in [0, 0.05) is 18.9 Å². The number of thiocarbonyl (C=S) groups is 1. The van der Waals surface area contributed by atoms with Crippen LogP contribution in [0.2, 0.25) is 0 Å². The number of carbonyl (C=O) groups is 3. The van der Waals surface area contributed by atoms with E-state index in [1.165, 1.54) is 18.6 Å². The standard InChI is InChI=1S/C16H22NO6S/c1-8(18)22-7-9-6-10(24)11-12(13(19)14(11)21-5)17(9)15(20)23-16(2,3)4/h11-12,14H,6-7H2,1-5H3/q+1/t11?,12?,14-/m0/s1. The molecule has 2 aliphatic rings. The van der Waals surface area contributed by atoms with Gasteiger partial charge in [-0.15, -0.1) is 4.58 Å². The first kappa shape index (κ1) is 18.7. The van der Waals surface area contributed by atoms with E-state index in [0.717, 1.165) is 0 Å². The highest BCUT2D eigenvalue weighted by Crippen LogP contribution is 2.36. The highest BCUT2D eigenvalue weighted by molar-refractivity contribution is 7.80. The van der Waals surface area contributed by atoms with Crippen molar-refractivity contribution in [2.45, 2.75) is 51.9 Å². The van der Waals surface area contributed by atoms with E-state index in [1.807, 2.05) is 0 Å². The molecule has 0 spiro atoms. The highest BCUT2D eigenvalue weighted by atomic mass is 32.1. The lowest BCUT2D eigenvalue weighted by Gasteiger charge is -2.41. The van der Waals surface area contributed by atoms with Crippen LogP contribution in [0.15, 0.2) is 0 Å². The van der Waals surface area contributed by atoms with Crippen LogP contribution < -0.4 is 0 Å². The molecule has 7 nitrogen and oxygen atoms in total. The van der Waals surface area contributed by atoms with Gasteiger partial charge in [-0.25, -0.2) is 0 Å². The van der Waals surface area contributed by atoms with Crippen molar-refractivity contribution in [2.75, 3.05) is 13.7 Å². The third-order valence-corrected chi connectivity index (χ3v) is 4.31. The first-order valence-electron chi connectivity index (χ1n) is 7.66. The molecular weight excluding hydrogens is 334 g/mol. The molecule has 1 heterocycles. The molecule has 0 aromatic carbocycles. The fraction of sp³-hybridized carbons (Fsp3) is 0.688. The minimum Gasteiger partial charge on any atom is -0.455 e. The number of carbonyl (C=O) groups excluding carboxylic acids is 3. The summed E-state index contributed by atoms with van der Waals surface area (Å²) >= 11 is 5.39. The second-order valence-electron chi connectivity index (χ2n) is 6.87. The zero-order chi connectivity index (χ0) is 18.2. The minimum absolute atomic E-state index is 0.108. The van der Waals surface area contributed by atoms with Gasteiger partial charge < -0.3 is 14.2 Å². The third-order valence-electron chi connectivity index (χ3n) is 3.89. The van der Waals surface area contributed by atoms with E-state index in [9.17, 15) is 14.4 Å². The van der Waals surface area contributed by atoms with Gasteiger partial charge in [-0.05, 0) is 20.8 Å². The molecule has 0 radical (unpaired) electrons. The van der Waals surface area contributed by atoms with Crippen molar-refractivity contribution in [3.8, 4) is 0 Å². The Morgan fingerprint density at radius 2 is 1.96 bits per heavy atom. The van der Waals surface area contributed by atoms with Crippen LogP contribution in [0.4, 0.5) is 4.79 Å². The zero-order valence-corrected chi connectivity index (χ0v) is 15.3. The smallest absolute Gasteiger partial charge is 0.455 e. The van der Waals surface area contributed by atoms with Gasteiger partial charge in [0.25, 0.3) is 0 Å². The van der Waals surface area contributed by atoms with Crippen LogP contribution in [-0.4, -0.2) is 64.5 Å². The quantitative estimate of drug-likeness (QED) is 0.428. The summed E-state index contributed by atoms with van der Waals surface area (Å²) in [7, 11) is 1.44. The lowest BCUT2D eigenvalue weighted by atomic mass is 9.69. The number of ether oxygens (including phenoxy) is 3. The maximum atomic E-state index is 12.6. The Hall–Kier alpha value is -1.67. The molecule has 1 fully saturated rings.